The van der Waals surface area contributed by atoms with Crippen molar-refractivity contribution in [1.29, 1.82) is 0 Å². The van der Waals surface area contributed by atoms with E-state index >= 15 is 0 Å². The van der Waals surface area contributed by atoms with Crippen LogP contribution in [0.2, 0.25) is 0 Å². The van der Waals surface area contributed by atoms with Crippen molar-refractivity contribution >= 4 is 12.8 Å². The van der Waals surface area contributed by atoms with Crippen LogP contribution in [0.3, 0.4) is 0 Å². The van der Waals surface area contributed by atoms with Crippen molar-refractivity contribution in [3.63, 3.8) is 0 Å². The van der Waals surface area contributed by atoms with E-state index in [1.807, 2.05) is 6.79 Å². The summed E-state index contributed by atoms with van der Waals surface area (Å²) in [5.41, 5.74) is 0.431. The van der Waals surface area contributed by atoms with Crippen LogP contribution in [0.1, 0.15) is 90.9 Å². The predicted octanol–water partition coefficient (Wildman–Crippen LogP) is 5.72. The minimum absolute atomic E-state index is 0.0866. The molecule has 0 aliphatic heterocycles. The average Bonchev–Trinajstić information content (AvgIpc) is 2.76. The third-order valence-corrected chi connectivity index (χ3v) is 7.27. The molecule has 0 aromatic heterocycles. The Morgan fingerprint density at radius 3 is 2.03 bits per heavy atom. The maximum Gasteiger partial charge on any atom is 0.333 e. The second kappa shape index (κ2) is 14.8. The van der Waals surface area contributed by atoms with Gasteiger partial charge in [-0.2, -0.15) is 0 Å². The van der Waals surface area contributed by atoms with Crippen molar-refractivity contribution in [2.75, 3.05) is 13.2 Å². The summed E-state index contributed by atoms with van der Waals surface area (Å²) in [6.07, 6.45) is 16.3. The smallest absolute Gasteiger partial charge is 0.333 e. The van der Waals surface area contributed by atoms with E-state index in [9.17, 15) is 9.90 Å². The van der Waals surface area contributed by atoms with Gasteiger partial charge in [0.1, 0.15) is 6.79 Å². The number of ether oxygens (including phenoxy) is 1. The Morgan fingerprint density at radius 2 is 1.55 bits per heavy atom. The summed E-state index contributed by atoms with van der Waals surface area (Å²) in [6.45, 7) is 10.0. The number of carbonyl (C=O) groups excluding carboxylic acids is 2. The maximum atomic E-state index is 11.6. The molecule has 2 fully saturated rings. The van der Waals surface area contributed by atoms with E-state index in [2.05, 4.69) is 13.5 Å². The molecule has 168 valence electrons. The monoisotopic (exact) mass is 408 g/mol. The molecule has 1 N–H and O–H groups in total. The minimum atomic E-state index is -0.335. The van der Waals surface area contributed by atoms with Crippen molar-refractivity contribution in [3.8, 4) is 0 Å². The van der Waals surface area contributed by atoms with Crippen LogP contribution in [0.4, 0.5) is 0 Å². The van der Waals surface area contributed by atoms with E-state index in [4.69, 9.17) is 9.53 Å². The number of esters is 1. The highest BCUT2D eigenvalue weighted by Crippen LogP contribution is 2.43. The third kappa shape index (κ3) is 9.02. The Kier molecular flexibility index (Phi) is 13.2. The fraction of sp³-hybridized carbons (Fsp3) is 0.840. The normalized spacial score (nSPS) is 28.0. The second-order valence-corrected chi connectivity index (χ2v) is 9.27. The van der Waals surface area contributed by atoms with Crippen LogP contribution in [-0.4, -0.2) is 31.1 Å². The first kappa shape index (κ1) is 25.9. The zero-order valence-electron chi connectivity index (χ0n) is 18.9. The molecular formula is C25H44O4. The molecule has 0 radical (unpaired) electrons. The molecular weight excluding hydrogens is 364 g/mol. The van der Waals surface area contributed by atoms with Crippen molar-refractivity contribution in [1.82, 2.24) is 0 Å². The fourth-order valence-corrected chi connectivity index (χ4v) is 5.36. The highest BCUT2D eigenvalue weighted by Gasteiger charge is 2.33. The summed E-state index contributed by atoms with van der Waals surface area (Å²) in [4.78, 5) is 19.6. The molecule has 2 rings (SSSR count). The van der Waals surface area contributed by atoms with Gasteiger partial charge in [-0.1, -0.05) is 52.0 Å². The Hall–Kier alpha value is -1.16. The summed E-state index contributed by atoms with van der Waals surface area (Å²) in [6, 6.07) is 0. The number of unbranched alkanes of at least 4 members (excludes halogenated alkanes) is 2. The molecule has 0 bridgehead atoms. The lowest BCUT2D eigenvalue weighted by atomic mass is 9.67. The molecule has 2 aliphatic carbocycles. The van der Waals surface area contributed by atoms with Crippen LogP contribution < -0.4 is 0 Å². The predicted molar refractivity (Wildman–Crippen MR) is 119 cm³/mol. The van der Waals surface area contributed by atoms with Crippen LogP contribution in [0.15, 0.2) is 12.2 Å². The fourth-order valence-electron chi connectivity index (χ4n) is 5.36. The van der Waals surface area contributed by atoms with E-state index in [1.165, 1.54) is 77.0 Å². The van der Waals surface area contributed by atoms with Crippen LogP contribution in [0, 0.1) is 29.6 Å². The zero-order valence-corrected chi connectivity index (χ0v) is 18.9. The van der Waals surface area contributed by atoms with Gasteiger partial charge in [0.25, 0.3) is 0 Å². The first-order valence-electron chi connectivity index (χ1n) is 11.8. The molecule has 1 unspecified atom stereocenters. The van der Waals surface area contributed by atoms with Gasteiger partial charge in [0.05, 0.1) is 6.61 Å². The van der Waals surface area contributed by atoms with Gasteiger partial charge in [-0.15, -0.1) is 0 Å². The lowest BCUT2D eigenvalue weighted by molar-refractivity contribution is -0.141. The van der Waals surface area contributed by atoms with Gasteiger partial charge in [-0.05, 0) is 69.1 Å². The van der Waals surface area contributed by atoms with Gasteiger partial charge >= 0.3 is 5.97 Å². The molecule has 4 nitrogen and oxygen atoms in total. The first-order chi connectivity index (χ1) is 14.0. The summed E-state index contributed by atoms with van der Waals surface area (Å²) in [7, 11) is 0. The largest absolute Gasteiger partial charge is 0.462 e. The number of carbonyl (C=O) groups is 2. The molecule has 0 heterocycles. The van der Waals surface area contributed by atoms with Gasteiger partial charge in [-0.3, -0.25) is 0 Å². The average molecular weight is 409 g/mol. The Bertz CT molecular complexity index is 459. The van der Waals surface area contributed by atoms with E-state index in [0.29, 0.717) is 18.1 Å². The van der Waals surface area contributed by atoms with E-state index in [1.54, 1.807) is 6.92 Å². The van der Waals surface area contributed by atoms with E-state index < -0.39 is 0 Å². The maximum absolute atomic E-state index is 11.6. The summed E-state index contributed by atoms with van der Waals surface area (Å²) >= 11 is 0. The van der Waals surface area contributed by atoms with Gasteiger partial charge in [-0.25, -0.2) is 4.79 Å². The first-order valence-corrected chi connectivity index (χ1v) is 11.8. The van der Waals surface area contributed by atoms with E-state index in [-0.39, 0.29) is 18.5 Å². The molecule has 0 aromatic rings. The molecule has 4 heteroatoms. The van der Waals surface area contributed by atoms with Crippen molar-refractivity contribution in [2.45, 2.75) is 90.9 Å². The van der Waals surface area contributed by atoms with Gasteiger partial charge in [0.2, 0.25) is 0 Å². The minimum Gasteiger partial charge on any atom is -0.462 e. The highest BCUT2D eigenvalue weighted by atomic mass is 16.5. The summed E-state index contributed by atoms with van der Waals surface area (Å²) in [5.74, 6) is 3.05. The molecule has 29 heavy (non-hydrogen) atoms. The molecule has 1 atom stereocenters. The molecule has 0 aromatic carbocycles. The molecule has 0 saturated heterocycles. The zero-order chi connectivity index (χ0) is 21.6. The Morgan fingerprint density at radius 1 is 1.00 bits per heavy atom. The van der Waals surface area contributed by atoms with Gasteiger partial charge in [0.15, 0.2) is 0 Å². The summed E-state index contributed by atoms with van der Waals surface area (Å²) < 4.78 is 5.31. The number of hydrogen-bond acceptors (Lipinski definition) is 4. The van der Waals surface area contributed by atoms with Crippen molar-refractivity contribution in [3.05, 3.63) is 12.2 Å². The summed E-state index contributed by atoms with van der Waals surface area (Å²) in [5, 5.41) is 9.75. The lowest BCUT2D eigenvalue weighted by Crippen LogP contribution is -2.31. The molecule has 0 amide bonds. The van der Waals surface area contributed by atoms with Crippen LogP contribution in [-0.2, 0) is 14.3 Å². The highest BCUT2D eigenvalue weighted by molar-refractivity contribution is 5.86. The van der Waals surface area contributed by atoms with Gasteiger partial charge in [0, 0.05) is 18.1 Å². The molecule has 2 aliphatic rings. The number of rotatable bonds is 10. The Balaban J connectivity index is 0.00000204. The second-order valence-electron chi connectivity index (χ2n) is 9.27. The van der Waals surface area contributed by atoms with E-state index in [0.717, 1.165) is 17.8 Å². The van der Waals surface area contributed by atoms with Gasteiger partial charge < -0.3 is 14.6 Å². The van der Waals surface area contributed by atoms with Crippen LogP contribution >= 0.6 is 0 Å². The van der Waals surface area contributed by atoms with Crippen molar-refractivity contribution in [2.24, 2.45) is 29.6 Å². The topological polar surface area (TPSA) is 63.6 Å². The lowest BCUT2D eigenvalue weighted by Gasteiger charge is -2.39. The SMILES string of the molecule is C=C(C)C(=O)OCC(CO)C1CCC(C2CCC(CCCCC)CC2)CC1.C=O. The quantitative estimate of drug-likeness (QED) is 0.285. The molecule has 0 spiro atoms. The number of aliphatic hydroxyl groups is 1. The van der Waals surface area contributed by atoms with Crippen LogP contribution in [0.25, 0.3) is 0 Å². The standard InChI is InChI=1S/C24H42O3.CH2O/c1-4-5-6-7-19-8-10-20(11-9-19)21-12-14-22(15-13-21)23(16-25)17-27-24(26)18(2)3;1-2/h19-23,25H,2,4-17H2,1,3H3;1H2. The van der Waals surface area contributed by atoms with Crippen molar-refractivity contribution < 1.29 is 19.4 Å². The number of hydrogen-bond donors (Lipinski definition) is 1. The van der Waals surface area contributed by atoms with Crippen LogP contribution in [0.5, 0.6) is 0 Å². The number of aliphatic hydroxyl groups excluding tert-OH is 1. The Labute approximate surface area is 178 Å². The molecule has 2 saturated carbocycles. The third-order valence-electron chi connectivity index (χ3n) is 7.27.